The molecule has 15 heavy (non-hydrogen) atoms. The lowest BCUT2D eigenvalue weighted by molar-refractivity contribution is 0.423. The third kappa shape index (κ3) is 2.19. The van der Waals surface area contributed by atoms with Crippen LogP contribution in [0.15, 0.2) is 27.2 Å². The van der Waals surface area contributed by atoms with Gasteiger partial charge < -0.3 is 10.3 Å². The molecule has 0 radical (unpaired) electrons. The minimum Gasteiger partial charge on any atom is -0.334 e. The maximum atomic E-state index is 5.94. The maximum absolute atomic E-state index is 5.94. The number of hydrogen-bond acceptors (Lipinski definition) is 4. The summed E-state index contributed by atoms with van der Waals surface area (Å²) in [4.78, 5) is 4.09. The second-order valence-corrected chi connectivity index (χ2v) is 4.11. The fraction of sp³-hybridized carbons (Fsp3) is 0.111. The number of benzene rings is 1. The zero-order valence-electron chi connectivity index (χ0n) is 7.58. The van der Waals surface area contributed by atoms with Crippen LogP contribution in [-0.4, -0.2) is 10.1 Å². The van der Waals surface area contributed by atoms with Gasteiger partial charge in [-0.1, -0.05) is 16.8 Å². The highest BCUT2D eigenvalue weighted by Gasteiger charge is 2.08. The summed E-state index contributed by atoms with van der Waals surface area (Å²) in [6, 6.07) is 5.41. The molecule has 0 unspecified atom stereocenters. The van der Waals surface area contributed by atoms with Gasteiger partial charge in [0.25, 0.3) is 5.89 Å². The predicted octanol–water partition coefficient (Wildman–Crippen LogP) is 2.61. The van der Waals surface area contributed by atoms with Crippen molar-refractivity contribution < 1.29 is 4.52 Å². The molecule has 1 aromatic heterocycles. The van der Waals surface area contributed by atoms with E-state index in [4.69, 9.17) is 21.9 Å². The first kappa shape index (κ1) is 10.6. The molecule has 0 saturated heterocycles. The van der Waals surface area contributed by atoms with Gasteiger partial charge in [0.1, 0.15) is 0 Å². The van der Waals surface area contributed by atoms with Gasteiger partial charge in [-0.05, 0) is 34.1 Å². The topological polar surface area (TPSA) is 64.9 Å². The van der Waals surface area contributed by atoms with Gasteiger partial charge in [-0.15, -0.1) is 0 Å². The standard InChI is InChI=1S/C9H7BrClN3O/c10-6-2-1-5(3-7(6)11)9-13-8(4-12)14-15-9/h1-3H,4,12H2. The van der Waals surface area contributed by atoms with E-state index in [0.717, 1.165) is 10.0 Å². The Morgan fingerprint density at radius 3 is 2.87 bits per heavy atom. The van der Waals surface area contributed by atoms with Crippen LogP contribution in [0.2, 0.25) is 5.02 Å². The van der Waals surface area contributed by atoms with Crippen LogP contribution in [-0.2, 0) is 6.54 Å². The minimum atomic E-state index is 0.258. The Morgan fingerprint density at radius 1 is 1.47 bits per heavy atom. The van der Waals surface area contributed by atoms with E-state index >= 15 is 0 Å². The molecule has 0 aliphatic carbocycles. The van der Waals surface area contributed by atoms with Crippen molar-refractivity contribution in [2.24, 2.45) is 5.73 Å². The van der Waals surface area contributed by atoms with E-state index in [9.17, 15) is 0 Å². The molecule has 0 saturated carbocycles. The van der Waals surface area contributed by atoms with Crippen molar-refractivity contribution in [1.29, 1.82) is 0 Å². The second kappa shape index (κ2) is 4.30. The fourth-order valence-corrected chi connectivity index (χ4v) is 1.51. The van der Waals surface area contributed by atoms with Gasteiger partial charge in [0.05, 0.1) is 11.6 Å². The molecular formula is C9H7BrClN3O. The molecule has 2 N–H and O–H groups in total. The number of nitrogens with zero attached hydrogens (tertiary/aromatic N) is 2. The van der Waals surface area contributed by atoms with Crippen molar-refractivity contribution in [1.82, 2.24) is 10.1 Å². The van der Waals surface area contributed by atoms with Gasteiger partial charge in [0, 0.05) is 10.0 Å². The molecule has 2 rings (SSSR count). The van der Waals surface area contributed by atoms with Gasteiger partial charge in [-0.2, -0.15) is 4.98 Å². The molecule has 0 aliphatic rings. The van der Waals surface area contributed by atoms with E-state index in [1.54, 1.807) is 6.07 Å². The van der Waals surface area contributed by atoms with Crippen LogP contribution in [0.3, 0.4) is 0 Å². The normalized spacial score (nSPS) is 10.6. The lowest BCUT2D eigenvalue weighted by Crippen LogP contribution is -1.97. The lowest BCUT2D eigenvalue weighted by atomic mass is 10.2. The number of nitrogens with two attached hydrogens (primary N) is 1. The maximum Gasteiger partial charge on any atom is 0.258 e. The van der Waals surface area contributed by atoms with Crippen LogP contribution in [0.25, 0.3) is 11.5 Å². The van der Waals surface area contributed by atoms with Crippen molar-refractivity contribution in [3.8, 4) is 11.5 Å². The Bertz CT molecular complexity index is 486. The number of hydrogen-bond donors (Lipinski definition) is 1. The monoisotopic (exact) mass is 287 g/mol. The molecule has 2 aromatic rings. The predicted molar refractivity (Wildman–Crippen MR) is 60.3 cm³/mol. The van der Waals surface area contributed by atoms with Crippen LogP contribution in [0.4, 0.5) is 0 Å². The van der Waals surface area contributed by atoms with Gasteiger partial charge in [-0.3, -0.25) is 0 Å². The van der Waals surface area contributed by atoms with Crippen LogP contribution in [0.5, 0.6) is 0 Å². The summed E-state index contributed by atoms with van der Waals surface area (Å²) in [5, 5.41) is 4.29. The molecular weight excluding hydrogens is 281 g/mol. The molecule has 0 aliphatic heterocycles. The SMILES string of the molecule is NCc1noc(-c2ccc(Br)c(Cl)c2)n1. The van der Waals surface area contributed by atoms with Gasteiger partial charge >= 0.3 is 0 Å². The largest absolute Gasteiger partial charge is 0.334 e. The molecule has 1 heterocycles. The third-order valence-corrected chi connectivity index (χ3v) is 3.05. The summed E-state index contributed by atoms with van der Waals surface area (Å²) >= 11 is 9.25. The van der Waals surface area contributed by atoms with Crippen molar-refractivity contribution in [3.05, 3.63) is 33.5 Å². The second-order valence-electron chi connectivity index (χ2n) is 2.85. The molecule has 0 amide bonds. The average Bonchev–Trinajstić information content (AvgIpc) is 2.70. The van der Waals surface area contributed by atoms with E-state index in [1.165, 1.54) is 0 Å². The quantitative estimate of drug-likeness (QED) is 0.922. The van der Waals surface area contributed by atoms with E-state index in [0.29, 0.717) is 16.7 Å². The zero-order valence-corrected chi connectivity index (χ0v) is 9.92. The van der Waals surface area contributed by atoms with Crippen molar-refractivity contribution in [2.75, 3.05) is 0 Å². The highest BCUT2D eigenvalue weighted by Crippen LogP contribution is 2.27. The summed E-state index contributed by atoms with van der Waals surface area (Å²) in [6.07, 6.45) is 0. The summed E-state index contributed by atoms with van der Waals surface area (Å²) in [7, 11) is 0. The first-order chi connectivity index (χ1) is 7.20. The zero-order chi connectivity index (χ0) is 10.8. The number of aromatic nitrogens is 2. The Kier molecular flexibility index (Phi) is 3.04. The van der Waals surface area contributed by atoms with E-state index in [-0.39, 0.29) is 6.54 Å². The summed E-state index contributed by atoms with van der Waals surface area (Å²) in [5.41, 5.74) is 6.15. The molecule has 0 atom stereocenters. The summed E-state index contributed by atoms with van der Waals surface area (Å²) < 4.78 is 5.85. The Balaban J connectivity index is 2.40. The molecule has 0 bridgehead atoms. The Hall–Kier alpha value is -0.910. The van der Waals surface area contributed by atoms with Gasteiger partial charge in [0.15, 0.2) is 5.82 Å². The summed E-state index contributed by atoms with van der Waals surface area (Å²) in [5.74, 6) is 0.897. The van der Waals surface area contributed by atoms with E-state index in [1.807, 2.05) is 12.1 Å². The van der Waals surface area contributed by atoms with Crippen LogP contribution in [0, 0.1) is 0 Å². The fourth-order valence-electron chi connectivity index (χ4n) is 1.08. The molecule has 6 heteroatoms. The van der Waals surface area contributed by atoms with E-state index < -0.39 is 0 Å². The smallest absolute Gasteiger partial charge is 0.258 e. The lowest BCUT2D eigenvalue weighted by Gasteiger charge is -1.97. The van der Waals surface area contributed by atoms with Crippen molar-refractivity contribution in [3.63, 3.8) is 0 Å². The first-order valence-electron chi connectivity index (χ1n) is 4.19. The molecule has 78 valence electrons. The van der Waals surface area contributed by atoms with Crippen molar-refractivity contribution >= 4 is 27.5 Å². The molecule has 0 spiro atoms. The number of rotatable bonds is 2. The Morgan fingerprint density at radius 2 is 2.27 bits per heavy atom. The van der Waals surface area contributed by atoms with Crippen molar-refractivity contribution in [2.45, 2.75) is 6.54 Å². The van der Waals surface area contributed by atoms with Crippen LogP contribution in [0.1, 0.15) is 5.82 Å². The molecule has 0 fully saturated rings. The third-order valence-electron chi connectivity index (χ3n) is 1.82. The van der Waals surface area contributed by atoms with Gasteiger partial charge in [-0.25, -0.2) is 0 Å². The van der Waals surface area contributed by atoms with Gasteiger partial charge in [0.2, 0.25) is 0 Å². The van der Waals surface area contributed by atoms with E-state index in [2.05, 4.69) is 26.1 Å². The average molecular weight is 289 g/mol. The van der Waals surface area contributed by atoms with Crippen LogP contribution < -0.4 is 5.73 Å². The molecule has 4 nitrogen and oxygen atoms in total. The number of halogens is 2. The summed E-state index contributed by atoms with van der Waals surface area (Å²) in [6.45, 7) is 0.258. The Labute approximate surface area is 99.5 Å². The molecule has 1 aromatic carbocycles. The highest BCUT2D eigenvalue weighted by molar-refractivity contribution is 9.10. The first-order valence-corrected chi connectivity index (χ1v) is 5.36. The highest BCUT2D eigenvalue weighted by atomic mass is 79.9. The van der Waals surface area contributed by atoms with Crippen LogP contribution >= 0.6 is 27.5 Å². The minimum absolute atomic E-state index is 0.258.